The number of hydrogen-bond acceptors (Lipinski definition) is 8. The summed E-state index contributed by atoms with van der Waals surface area (Å²) in [5.41, 5.74) is 3.76. The van der Waals surface area contributed by atoms with E-state index >= 15 is 0 Å². The van der Waals surface area contributed by atoms with Crippen LogP contribution in [0.2, 0.25) is 0 Å². The number of methoxy groups -OCH3 is 1. The first kappa shape index (κ1) is 22.7. The standard InChI is InChI=1S/C27H31N7O2/c1-17-13-33(14-18(2)36-17)24-12-22(29-16-30-24)26-25-23(10-11-28-27(25)31-20-6-7-20)34(32-26)15-19-4-8-21(35-3)9-5-19/h4-5,8-12,16-18,20H,6-7,13-15H2,1-3H3,(H,28,31)/t17-,18+. The maximum Gasteiger partial charge on any atom is 0.137 e. The maximum atomic E-state index is 5.92. The van der Waals surface area contributed by atoms with E-state index in [4.69, 9.17) is 19.6 Å². The minimum Gasteiger partial charge on any atom is -0.497 e. The van der Waals surface area contributed by atoms with Gasteiger partial charge < -0.3 is 19.7 Å². The second kappa shape index (κ2) is 9.39. The van der Waals surface area contributed by atoms with Gasteiger partial charge in [0.15, 0.2) is 0 Å². The summed E-state index contributed by atoms with van der Waals surface area (Å²) in [6, 6.07) is 12.6. The fourth-order valence-corrected chi connectivity index (χ4v) is 4.87. The highest BCUT2D eigenvalue weighted by molar-refractivity contribution is 6.00. The molecule has 6 rings (SSSR count). The number of hydrogen-bond donors (Lipinski definition) is 1. The van der Waals surface area contributed by atoms with E-state index in [1.807, 2.05) is 35.1 Å². The molecule has 9 nitrogen and oxygen atoms in total. The molecular formula is C27H31N7O2. The van der Waals surface area contributed by atoms with Gasteiger partial charge in [-0.1, -0.05) is 12.1 Å². The first-order valence-electron chi connectivity index (χ1n) is 12.5. The fraction of sp³-hybridized carbons (Fsp3) is 0.407. The van der Waals surface area contributed by atoms with E-state index in [0.29, 0.717) is 12.6 Å². The van der Waals surface area contributed by atoms with Crippen LogP contribution >= 0.6 is 0 Å². The van der Waals surface area contributed by atoms with Crippen molar-refractivity contribution in [2.75, 3.05) is 30.4 Å². The molecule has 4 aromatic rings. The molecule has 186 valence electrons. The first-order chi connectivity index (χ1) is 17.6. The van der Waals surface area contributed by atoms with Crippen molar-refractivity contribution in [3.05, 3.63) is 54.5 Å². The van der Waals surface area contributed by atoms with Crippen molar-refractivity contribution in [3.63, 3.8) is 0 Å². The first-order valence-corrected chi connectivity index (χ1v) is 12.5. The van der Waals surface area contributed by atoms with Gasteiger partial charge in [-0.05, 0) is 50.5 Å². The summed E-state index contributed by atoms with van der Waals surface area (Å²) in [4.78, 5) is 16.2. The topological polar surface area (TPSA) is 90.2 Å². The van der Waals surface area contributed by atoms with Crippen molar-refractivity contribution in [1.82, 2.24) is 24.7 Å². The Balaban J connectivity index is 1.42. The molecule has 3 aromatic heterocycles. The smallest absolute Gasteiger partial charge is 0.137 e. The third-order valence-corrected chi connectivity index (χ3v) is 6.71. The van der Waals surface area contributed by atoms with Gasteiger partial charge in [-0.2, -0.15) is 5.10 Å². The van der Waals surface area contributed by atoms with Crippen molar-refractivity contribution in [3.8, 4) is 17.1 Å². The number of benzene rings is 1. The Kier molecular flexibility index (Phi) is 5.92. The lowest BCUT2D eigenvalue weighted by Gasteiger charge is -2.36. The highest BCUT2D eigenvalue weighted by atomic mass is 16.5. The largest absolute Gasteiger partial charge is 0.497 e. The summed E-state index contributed by atoms with van der Waals surface area (Å²) >= 11 is 0. The molecule has 36 heavy (non-hydrogen) atoms. The second-order valence-electron chi connectivity index (χ2n) is 9.75. The third-order valence-electron chi connectivity index (χ3n) is 6.71. The van der Waals surface area contributed by atoms with Crippen molar-refractivity contribution in [1.29, 1.82) is 0 Å². The second-order valence-corrected chi connectivity index (χ2v) is 9.75. The summed E-state index contributed by atoms with van der Waals surface area (Å²) < 4.78 is 13.3. The Morgan fingerprint density at radius 1 is 1.03 bits per heavy atom. The van der Waals surface area contributed by atoms with Crippen LogP contribution in [0.15, 0.2) is 48.9 Å². The number of aromatic nitrogens is 5. The molecule has 2 aliphatic rings. The van der Waals surface area contributed by atoms with Crippen LogP contribution in [0.1, 0.15) is 32.3 Å². The van der Waals surface area contributed by atoms with Crippen molar-refractivity contribution in [2.45, 2.75) is 51.5 Å². The summed E-state index contributed by atoms with van der Waals surface area (Å²) in [7, 11) is 1.68. The molecule has 1 aliphatic carbocycles. The number of ether oxygens (including phenoxy) is 2. The van der Waals surface area contributed by atoms with Crippen LogP contribution in [0.25, 0.3) is 22.3 Å². The number of rotatable bonds is 7. The molecule has 4 heterocycles. The SMILES string of the molecule is COc1ccc(Cn2nc(-c3cc(N4C[C@@H](C)O[C@@H](C)C4)ncn3)c3c(NC4CC4)nccc32)cc1. The van der Waals surface area contributed by atoms with Crippen molar-refractivity contribution in [2.24, 2.45) is 0 Å². The minimum absolute atomic E-state index is 0.148. The average molecular weight is 486 g/mol. The van der Waals surface area contributed by atoms with E-state index in [1.54, 1.807) is 13.4 Å². The molecule has 1 N–H and O–H groups in total. The summed E-state index contributed by atoms with van der Waals surface area (Å²) in [6.45, 7) is 6.41. The van der Waals surface area contributed by atoms with E-state index in [-0.39, 0.29) is 12.2 Å². The Morgan fingerprint density at radius 3 is 2.53 bits per heavy atom. The fourth-order valence-electron chi connectivity index (χ4n) is 4.87. The van der Waals surface area contributed by atoms with Crippen LogP contribution < -0.4 is 15.0 Å². The van der Waals surface area contributed by atoms with Gasteiger partial charge in [-0.15, -0.1) is 0 Å². The number of nitrogens with one attached hydrogen (secondary N) is 1. The number of nitrogens with zero attached hydrogens (tertiary/aromatic N) is 6. The lowest BCUT2D eigenvalue weighted by atomic mass is 10.1. The van der Waals surface area contributed by atoms with Gasteiger partial charge in [0.05, 0.1) is 42.5 Å². The number of pyridine rings is 1. The molecule has 2 atom stereocenters. The lowest BCUT2D eigenvalue weighted by molar-refractivity contribution is -0.00546. The van der Waals surface area contributed by atoms with Crippen LogP contribution in [0.4, 0.5) is 11.6 Å². The van der Waals surface area contributed by atoms with Gasteiger partial charge in [-0.25, -0.2) is 15.0 Å². The normalized spacial score (nSPS) is 20.0. The maximum absolute atomic E-state index is 5.92. The summed E-state index contributed by atoms with van der Waals surface area (Å²) in [5.74, 6) is 2.59. The Bertz CT molecular complexity index is 1360. The molecule has 0 amide bonds. The third kappa shape index (κ3) is 4.58. The van der Waals surface area contributed by atoms with Crippen molar-refractivity contribution < 1.29 is 9.47 Å². The van der Waals surface area contributed by atoms with Crippen molar-refractivity contribution >= 4 is 22.5 Å². The quantitative estimate of drug-likeness (QED) is 0.418. The lowest BCUT2D eigenvalue weighted by Crippen LogP contribution is -2.45. The predicted octanol–water partition coefficient (Wildman–Crippen LogP) is 4.13. The van der Waals surface area contributed by atoms with E-state index < -0.39 is 0 Å². The molecule has 2 fully saturated rings. The zero-order chi connectivity index (χ0) is 24.6. The minimum atomic E-state index is 0.148. The van der Waals surface area contributed by atoms with Gasteiger partial charge in [0.1, 0.15) is 29.4 Å². The Hall–Kier alpha value is -3.72. The van der Waals surface area contributed by atoms with Gasteiger partial charge in [0, 0.05) is 31.4 Å². The van der Waals surface area contributed by atoms with E-state index in [1.165, 1.54) is 12.8 Å². The molecule has 9 heteroatoms. The van der Waals surface area contributed by atoms with Gasteiger partial charge in [0.25, 0.3) is 0 Å². The molecule has 1 aliphatic heterocycles. The summed E-state index contributed by atoms with van der Waals surface area (Å²) in [6.07, 6.45) is 6.11. The molecule has 0 spiro atoms. The monoisotopic (exact) mass is 485 g/mol. The highest BCUT2D eigenvalue weighted by Gasteiger charge is 2.27. The van der Waals surface area contributed by atoms with Crippen LogP contribution in [0.3, 0.4) is 0 Å². The molecule has 1 aromatic carbocycles. The zero-order valence-corrected chi connectivity index (χ0v) is 20.9. The van der Waals surface area contributed by atoms with E-state index in [9.17, 15) is 0 Å². The highest BCUT2D eigenvalue weighted by Crippen LogP contribution is 2.35. The molecular weight excluding hydrogens is 454 g/mol. The molecule has 1 saturated carbocycles. The summed E-state index contributed by atoms with van der Waals surface area (Å²) in [5, 5.41) is 9.67. The van der Waals surface area contributed by atoms with Gasteiger partial charge in [0.2, 0.25) is 0 Å². The molecule has 1 saturated heterocycles. The molecule has 0 bridgehead atoms. The van der Waals surface area contributed by atoms with Gasteiger partial charge >= 0.3 is 0 Å². The number of fused-ring (bicyclic) bond motifs is 1. The molecule has 0 radical (unpaired) electrons. The van der Waals surface area contributed by atoms with E-state index in [0.717, 1.165) is 58.3 Å². The number of anilines is 2. The predicted molar refractivity (Wildman–Crippen MR) is 140 cm³/mol. The van der Waals surface area contributed by atoms with Gasteiger partial charge in [-0.3, -0.25) is 4.68 Å². The Morgan fingerprint density at radius 2 is 1.81 bits per heavy atom. The van der Waals surface area contributed by atoms with Crippen LogP contribution in [0, 0.1) is 0 Å². The average Bonchev–Trinajstić information content (AvgIpc) is 3.63. The van der Waals surface area contributed by atoms with Crippen LogP contribution in [0.5, 0.6) is 5.75 Å². The Labute approximate surface area is 210 Å². The van der Waals surface area contributed by atoms with Crippen LogP contribution in [-0.4, -0.2) is 63.2 Å². The number of morpholine rings is 1. The zero-order valence-electron chi connectivity index (χ0n) is 20.9. The van der Waals surface area contributed by atoms with E-state index in [2.05, 4.69) is 46.2 Å². The van der Waals surface area contributed by atoms with Crippen LogP contribution in [-0.2, 0) is 11.3 Å². The molecule has 0 unspecified atom stereocenters.